The van der Waals surface area contributed by atoms with E-state index in [1.807, 2.05) is 0 Å². The number of carboxylic acids is 1. The first-order chi connectivity index (χ1) is 9.29. The molecule has 7 N–H and O–H groups in total. The molecule has 0 saturated heterocycles. The van der Waals surface area contributed by atoms with Crippen molar-refractivity contribution < 1.29 is 19.5 Å². The summed E-state index contributed by atoms with van der Waals surface area (Å²) in [4.78, 5) is 34.2. The van der Waals surface area contributed by atoms with E-state index in [0.29, 0.717) is 25.8 Å². The Labute approximate surface area is 118 Å². The van der Waals surface area contributed by atoms with Crippen LogP contribution >= 0.6 is 0 Å². The molecular formula is C12H24N4O4. The number of hydrogen-bond acceptors (Lipinski definition) is 5. The molecule has 0 saturated carbocycles. The van der Waals surface area contributed by atoms with E-state index in [4.69, 9.17) is 16.6 Å². The van der Waals surface area contributed by atoms with Crippen molar-refractivity contribution in [1.29, 1.82) is 0 Å². The Hall–Kier alpha value is -1.67. The molecule has 20 heavy (non-hydrogen) atoms. The number of aliphatic carboxylic acids is 1. The van der Waals surface area contributed by atoms with Gasteiger partial charge in [-0.3, -0.25) is 9.59 Å². The Kier molecular flexibility index (Phi) is 8.49. The number of nitrogens with two attached hydrogens (primary N) is 2. The normalized spacial score (nSPS) is 15.0. The molecule has 116 valence electrons. The summed E-state index contributed by atoms with van der Waals surface area (Å²) < 4.78 is 0. The molecule has 0 fully saturated rings. The summed E-state index contributed by atoms with van der Waals surface area (Å²) in [5, 5.41) is 13.8. The molecule has 0 rings (SSSR count). The van der Waals surface area contributed by atoms with Crippen molar-refractivity contribution in [3.8, 4) is 0 Å². The van der Waals surface area contributed by atoms with Crippen LogP contribution in [0.5, 0.6) is 0 Å². The maximum absolute atomic E-state index is 11.8. The van der Waals surface area contributed by atoms with Gasteiger partial charge in [-0.05, 0) is 39.7 Å². The zero-order valence-corrected chi connectivity index (χ0v) is 11.9. The molecule has 8 nitrogen and oxygen atoms in total. The minimum absolute atomic E-state index is 0.298. The number of nitrogens with one attached hydrogen (secondary N) is 2. The molecule has 0 spiro atoms. The molecule has 0 heterocycles. The van der Waals surface area contributed by atoms with E-state index in [9.17, 15) is 14.4 Å². The molecule has 0 aromatic carbocycles. The molecule has 0 aliphatic heterocycles. The van der Waals surface area contributed by atoms with Crippen LogP contribution in [0.25, 0.3) is 0 Å². The second-order valence-corrected chi connectivity index (χ2v) is 4.70. The van der Waals surface area contributed by atoms with Gasteiger partial charge < -0.3 is 27.2 Å². The summed E-state index contributed by atoms with van der Waals surface area (Å²) in [5.41, 5.74) is 10.7. The highest BCUT2D eigenvalue weighted by molar-refractivity contribution is 5.91. The van der Waals surface area contributed by atoms with Crippen LogP contribution in [0.3, 0.4) is 0 Å². The average molecular weight is 288 g/mol. The van der Waals surface area contributed by atoms with Gasteiger partial charge in [0.25, 0.3) is 0 Å². The largest absolute Gasteiger partial charge is 0.480 e. The van der Waals surface area contributed by atoms with E-state index in [2.05, 4.69) is 10.6 Å². The first-order valence-electron chi connectivity index (χ1n) is 6.58. The van der Waals surface area contributed by atoms with E-state index in [-0.39, 0.29) is 0 Å². The number of unbranched alkanes of at least 4 members (excludes halogenated alkanes) is 1. The van der Waals surface area contributed by atoms with E-state index in [1.54, 1.807) is 0 Å². The van der Waals surface area contributed by atoms with Crippen molar-refractivity contribution >= 4 is 17.8 Å². The van der Waals surface area contributed by atoms with E-state index >= 15 is 0 Å². The van der Waals surface area contributed by atoms with Crippen LogP contribution in [0, 0.1) is 0 Å². The Morgan fingerprint density at radius 1 is 1.10 bits per heavy atom. The van der Waals surface area contributed by atoms with Gasteiger partial charge in [0.05, 0.1) is 6.04 Å². The number of carboxylic acid groups (broad SMARTS) is 1. The van der Waals surface area contributed by atoms with Crippen molar-refractivity contribution in [3.63, 3.8) is 0 Å². The Balaban J connectivity index is 4.37. The van der Waals surface area contributed by atoms with Crippen molar-refractivity contribution in [1.82, 2.24) is 10.6 Å². The molecule has 0 aromatic heterocycles. The minimum Gasteiger partial charge on any atom is -0.480 e. The number of carbonyl (C=O) groups excluding carboxylic acids is 2. The SMILES string of the molecule is C[C@@H](N)C(=O)N[C@H](C)C(=O)N[C@@H](CCCCN)C(=O)O. The zero-order valence-electron chi connectivity index (χ0n) is 11.9. The van der Waals surface area contributed by atoms with Crippen LogP contribution in [0.2, 0.25) is 0 Å². The van der Waals surface area contributed by atoms with Crippen LogP contribution in [0.15, 0.2) is 0 Å². The number of hydrogen-bond donors (Lipinski definition) is 5. The van der Waals surface area contributed by atoms with Gasteiger partial charge in [0.15, 0.2) is 0 Å². The number of amides is 2. The van der Waals surface area contributed by atoms with Gasteiger partial charge in [0, 0.05) is 0 Å². The summed E-state index contributed by atoms with van der Waals surface area (Å²) in [6, 6.07) is -2.56. The summed E-state index contributed by atoms with van der Waals surface area (Å²) >= 11 is 0. The molecule has 3 atom stereocenters. The van der Waals surface area contributed by atoms with Crippen molar-refractivity contribution in [3.05, 3.63) is 0 Å². The van der Waals surface area contributed by atoms with Gasteiger partial charge in [-0.25, -0.2) is 4.79 Å². The van der Waals surface area contributed by atoms with Gasteiger partial charge in [-0.15, -0.1) is 0 Å². The lowest BCUT2D eigenvalue weighted by atomic mass is 10.1. The summed E-state index contributed by atoms with van der Waals surface area (Å²) in [7, 11) is 0. The second-order valence-electron chi connectivity index (χ2n) is 4.70. The van der Waals surface area contributed by atoms with Crippen LogP contribution in [0.4, 0.5) is 0 Å². The Bertz CT molecular complexity index is 346. The van der Waals surface area contributed by atoms with E-state index in [1.165, 1.54) is 13.8 Å². The zero-order chi connectivity index (χ0) is 15.7. The van der Waals surface area contributed by atoms with Gasteiger partial charge in [0.1, 0.15) is 12.1 Å². The molecule has 0 unspecified atom stereocenters. The average Bonchev–Trinajstić information content (AvgIpc) is 2.36. The fraction of sp³-hybridized carbons (Fsp3) is 0.750. The minimum atomic E-state index is -1.11. The first kappa shape index (κ1) is 18.3. The second kappa shape index (κ2) is 9.27. The van der Waals surface area contributed by atoms with E-state index < -0.39 is 35.9 Å². The predicted octanol–water partition coefficient (Wildman–Crippen LogP) is -1.46. The quantitative estimate of drug-likeness (QED) is 0.327. The maximum atomic E-state index is 11.8. The molecule has 2 amide bonds. The van der Waals surface area contributed by atoms with Gasteiger partial charge in [-0.1, -0.05) is 0 Å². The monoisotopic (exact) mass is 288 g/mol. The van der Waals surface area contributed by atoms with Crippen LogP contribution in [-0.2, 0) is 14.4 Å². The number of carbonyl (C=O) groups is 3. The molecule has 0 radical (unpaired) electrons. The maximum Gasteiger partial charge on any atom is 0.326 e. The highest BCUT2D eigenvalue weighted by Gasteiger charge is 2.23. The van der Waals surface area contributed by atoms with Crippen LogP contribution in [-0.4, -0.2) is 47.6 Å². The molecule has 8 heteroatoms. The summed E-state index contributed by atoms with van der Waals surface area (Å²) in [6.45, 7) is 3.43. The third-order valence-corrected chi connectivity index (χ3v) is 2.73. The van der Waals surface area contributed by atoms with Crippen LogP contribution in [0.1, 0.15) is 33.1 Å². The highest BCUT2D eigenvalue weighted by atomic mass is 16.4. The molecular weight excluding hydrogens is 264 g/mol. The van der Waals surface area contributed by atoms with Gasteiger partial charge in [0.2, 0.25) is 11.8 Å². The smallest absolute Gasteiger partial charge is 0.326 e. The molecule has 0 aliphatic rings. The lowest BCUT2D eigenvalue weighted by molar-refractivity contribution is -0.142. The molecule has 0 bridgehead atoms. The third-order valence-electron chi connectivity index (χ3n) is 2.73. The summed E-state index contributed by atoms with van der Waals surface area (Å²) in [5.74, 6) is -2.14. The highest BCUT2D eigenvalue weighted by Crippen LogP contribution is 2.01. The number of rotatable bonds is 9. The molecule has 0 aromatic rings. The lowest BCUT2D eigenvalue weighted by Crippen LogP contribution is -2.52. The predicted molar refractivity (Wildman–Crippen MR) is 73.7 cm³/mol. The topological polar surface area (TPSA) is 148 Å². The van der Waals surface area contributed by atoms with Crippen molar-refractivity contribution in [2.75, 3.05) is 6.54 Å². The fourth-order valence-corrected chi connectivity index (χ4v) is 1.46. The fourth-order valence-electron chi connectivity index (χ4n) is 1.46. The van der Waals surface area contributed by atoms with Crippen molar-refractivity contribution in [2.45, 2.75) is 51.2 Å². The Morgan fingerprint density at radius 3 is 2.15 bits per heavy atom. The standard InChI is InChI=1S/C12H24N4O4/c1-7(14)10(17)15-8(2)11(18)16-9(12(19)20)5-3-4-6-13/h7-9H,3-6,13-14H2,1-2H3,(H,15,17)(H,16,18)(H,19,20)/t7-,8-,9+/m1/s1. The lowest BCUT2D eigenvalue weighted by Gasteiger charge is -2.19. The first-order valence-corrected chi connectivity index (χ1v) is 6.58. The van der Waals surface area contributed by atoms with Gasteiger partial charge >= 0.3 is 5.97 Å². The summed E-state index contributed by atoms with van der Waals surface area (Å²) in [6.07, 6.45) is 1.59. The molecule has 0 aliphatic carbocycles. The van der Waals surface area contributed by atoms with Crippen molar-refractivity contribution in [2.24, 2.45) is 11.5 Å². The third kappa shape index (κ3) is 7.05. The van der Waals surface area contributed by atoms with Crippen LogP contribution < -0.4 is 22.1 Å². The Morgan fingerprint density at radius 2 is 1.70 bits per heavy atom. The van der Waals surface area contributed by atoms with Gasteiger partial charge in [-0.2, -0.15) is 0 Å². The van der Waals surface area contributed by atoms with E-state index in [0.717, 1.165) is 0 Å².